The summed E-state index contributed by atoms with van der Waals surface area (Å²) in [5, 5.41) is 0. The van der Waals surface area contributed by atoms with Gasteiger partial charge in [0.1, 0.15) is 51.7 Å². The lowest BCUT2D eigenvalue weighted by molar-refractivity contribution is 0.0720. The second-order valence-electron chi connectivity index (χ2n) is 22.7. The van der Waals surface area contributed by atoms with E-state index in [1.165, 1.54) is 164 Å². The average Bonchev–Trinajstić information content (AvgIpc) is 2.95. The highest BCUT2D eigenvalue weighted by atomic mass is 16.6. The van der Waals surface area contributed by atoms with Gasteiger partial charge in [-0.25, -0.2) is 24.0 Å². The third kappa shape index (κ3) is 26.6. The monoisotopic (exact) mass is 1240 g/mol. The van der Waals surface area contributed by atoms with Crippen LogP contribution in [0.3, 0.4) is 0 Å². The molecule has 7 aromatic rings. The van der Waals surface area contributed by atoms with E-state index in [2.05, 4.69) is 13.8 Å². The molecule has 0 amide bonds. The molecule has 0 unspecified atom stereocenters. The summed E-state index contributed by atoms with van der Waals surface area (Å²) in [6.45, 7) is 6.86. The van der Waals surface area contributed by atoms with E-state index in [-0.39, 0.29) is 34.1 Å². The summed E-state index contributed by atoms with van der Waals surface area (Å²) in [6, 6.07) is 45.6. The van der Waals surface area contributed by atoms with Crippen molar-refractivity contribution in [2.24, 2.45) is 0 Å². The number of carbonyl (C=O) groups is 5. The normalized spacial score (nSPS) is 10.9. The maximum absolute atomic E-state index is 13.1. The van der Waals surface area contributed by atoms with Crippen molar-refractivity contribution in [3.05, 3.63) is 198 Å². The van der Waals surface area contributed by atoms with Gasteiger partial charge in [-0.15, -0.1) is 0 Å². The second kappa shape index (κ2) is 40.7. The molecule has 0 saturated carbocycles. The minimum absolute atomic E-state index is 0.136. The average molecular weight is 1240 g/mol. The molecule has 0 fully saturated rings. The highest BCUT2D eigenvalue weighted by molar-refractivity contribution is 5.94. The van der Waals surface area contributed by atoms with E-state index in [1.54, 1.807) is 103 Å². The Balaban J connectivity index is 0.709. The quantitative estimate of drug-likeness (QED) is 0.0201. The number of esters is 5. The fourth-order valence-corrected chi connectivity index (χ4v) is 9.91. The highest BCUT2D eigenvalue weighted by Crippen LogP contribution is 2.26. The summed E-state index contributed by atoms with van der Waals surface area (Å²) in [5.74, 6) is 1.04. The van der Waals surface area contributed by atoms with Crippen LogP contribution in [0.4, 0.5) is 0 Å². The minimum Gasteiger partial charge on any atom is -0.494 e. The lowest BCUT2D eigenvalue weighted by atomic mass is 10.1. The van der Waals surface area contributed by atoms with E-state index in [0.29, 0.717) is 66.1 Å². The molecule has 14 nitrogen and oxygen atoms in total. The van der Waals surface area contributed by atoms with Crippen LogP contribution in [0.1, 0.15) is 220 Å². The fraction of sp³-hybridized carbons (Fsp3) is 0.390. The van der Waals surface area contributed by atoms with Gasteiger partial charge in [0.15, 0.2) is 0 Å². The molecule has 14 heteroatoms. The van der Waals surface area contributed by atoms with Gasteiger partial charge in [-0.05, 0) is 196 Å². The number of ether oxygens (including phenoxy) is 9. The molecule has 0 aliphatic rings. The summed E-state index contributed by atoms with van der Waals surface area (Å²) in [4.78, 5) is 64.8. The standard InChI is InChI=1S/C77H90O14/c1-3-5-7-9-11-13-15-17-19-23-54-83-64-40-30-59(31-41-64)73(78)87-68-46-36-62(37-47-68)76(81)90-71-28-27-29-72(58-71)91-77(82)63-38-48-69(49-39-63)88-74(79)60-32-42-66(43-33-60)85-56-25-21-22-26-57-86-67-50-52-70(53-51-67)89-75(80)61-34-44-65(45-35-61)84-55-24-20-18-16-14-12-10-8-6-4-2/h27-53,58H,3-26,54-57H2,1-2H3. The number of hydrogen-bond donors (Lipinski definition) is 0. The molecule has 0 bridgehead atoms. The summed E-state index contributed by atoms with van der Waals surface area (Å²) < 4.78 is 51.4. The Labute approximate surface area is 537 Å². The third-order valence-corrected chi connectivity index (χ3v) is 15.2. The van der Waals surface area contributed by atoms with E-state index in [1.807, 2.05) is 12.1 Å². The van der Waals surface area contributed by atoms with Crippen molar-refractivity contribution in [1.82, 2.24) is 0 Å². The van der Waals surface area contributed by atoms with Gasteiger partial charge in [-0.2, -0.15) is 0 Å². The number of benzene rings is 7. The molecule has 0 spiro atoms. The van der Waals surface area contributed by atoms with Crippen LogP contribution in [-0.2, 0) is 0 Å². The van der Waals surface area contributed by atoms with Crippen molar-refractivity contribution in [3.8, 4) is 51.7 Å². The molecule has 0 heterocycles. The van der Waals surface area contributed by atoms with Gasteiger partial charge in [0.05, 0.1) is 54.2 Å². The first-order valence-corrected chi connectivity index (χ1v) is 32.9. The first kappa shape index (κ1) is 69.6. The molecule has 0 atom stereocenters. The topological polar surface area (TPSA) is 168 Å². The van der Waals surface area contributed by atoms with Crippen molar-refractivity contribution in [1.29, 1.82) is 0 Å². The van der Waals surface area contributed by atoms with Gasteiger partial charge < -0.3 is 42.6 Å². The highest BCUT2D eigenvalue weighted by Gasteiger charge is 2.17. The maximum Gasteiger partial charge on any atom is 0.343 e. The second-order valence-corrected chi connectivity index (χ2v) is 22.7. The largest absolute Gasteiger partial charge is 0.494 e. The Hall–Kier alpha value is -8.91. The van der Waals surface area contributed by atoms with Crippen LogP contribution in [-0.4, -0.2) is 56.3 Å². The summed E-state index contributed by atoms with van der Waals surface area (Å²) in [7, 11) is 0. The van der Waals surface area contributed by atoms with Crippen LogP contribution in [0.5, 0.6) is 51.7 Å². The smallest absolute Gasteiger partial charge is 0.343 e. The van der Waals surface area contributed by atoms with E-state index in [0.717, 1.165) is 50.7 Å². The first-order chi connectivity index (χ1) is 44.6. The van der Waals surface area contributed by atoms with E-state index < -0.39 is 29.8 Å². The molecule has 7 rings (SSSR count). The minimum atomic E-state index is -0.681. The van der Waals surface area contributed by atoms with Crippen LogP contribution in [0, 0.1) is 0 Å². The maximum atomic E-state index is 13.1. The molecule has 0 radical (unpaired) electrons. The first-order valence-electron chi connectivity index (χ1n) is 32.9. The van der Waals surface area contributed by atoms with Crippen molar-refractivity contribution in [2.75, 3.05) is 26.4 Å². The third-order valence-electron chi connectivity index (χ3n) is 15.2. The van der Waals surface area contributed by atoms with Gasteiger partial charge >= 0.3 is 29.8 Å². The zero-order valence-electron chi connectivity index (χ0n) is 53.2. The van der Waals surface area contributed by atoms with Gasteiger partial charge in [-0.1, -0.05) is 135 Å². The van der Waals surface area contributed by atoms with Crippen LogP contribution in [0.2, 0.25) is 0 Å². The molecule has 0 saturated heterocycles. The van der Waals surface area contributed by atoms with Gasteiger partial charge in [-0.3, -0.25) is 0 Å². The number of rotatable bonds is 43. The lowest BCUT2D eigenvalue weighted by Crippen LogP contribution is -2.11. The van der Waals surface area contributed by atoms with Crippen LogP contribution >= 0.6 is 0 Å². The predicted molar refractivity (Wildman–Crippen MR) is 354 cm³/mol. The van der Waals surface area contributed by atoms with Crippen molar-refractivity contribution in [2.45, 2.75) is 168 Å². The molecule has 0 aliphatic heterocycles. The van der Waals surface area contributed by atoms with E-state index in [4.69, 9.17) is 42.6 Å². The molecule has 482 valence electrons. The number of carbonyl (C=O) groups excluding carboxylic acids is 5. The van der Waals surface area contributed by atoms with Crippen LogP contribution in [0.25, 0.3) is 0 Å². The Kier molecular flexibility index (Phi) is 31.1. The van der Waals surface area contributed by atoms with E-state index >= 15 is 0 Å². The molecular formula is C77H90O14. The Morgan fingerprint density at radius 2 is 0.407 bits per heavy atom. The SMILES string of the molecule is CCCCCCCCCCCCOc1ccc(C(=O)Oc2ccc(OCCCCCCOc3ccc(C(=O)Oc4ccc(C(=O)Oc5cccc(OC(=O)c6ccc(OC(=O)c7ccc(OCCCCCCCCCCCC)cc7)cc6)c5)cc4)cc3)cc2)cc1. The Morgan fingerprint density at radius 3 is 0.648 bits per heavy atom. The fourth-order valence-electron chi connectivity index (χ4n) is 9.91. The Morgan fingerprint density at radius 1 is 0.220 bits per heavy atom. The van der Waals surface area contributed by atoms with Crippen LogP contribution in [0.15, 0.2) is 170 Å². The number of unbranched alkanes of at least 4 members (excludes halogenated alkanes) is 21. The predicted octanol–water partition coefficient (Wildman–Crippen LogP) is 19.4. The molecule has 0 aromatic heterocycles. The van der Waals surface area contributed by atoms with Gasteiger partial charge in [0, 0.05) is 6.07 Å². The molecule has 0 N–H and O–H groups in total. The zero-order valence-corrected chi connectivity index (χ0v) is 53.2. The van der Waals surface area contributed by atoms with Crippen molar-refractivity contribution >= 4 is 29.8 Å². The molecular weight excluding hydrogens is 1150 g/mol. The van der Waals surface area contributed by atoms with Crippen molar-refractivity contribution in [3.63, 3.8) is 0 Å². The molecule has 91 heavy (non-hydrogen) atoms. The van der Waals surface area contributed by atoms with Crippen molar-refractivity contribution < 1.29 is 66.6 Å². The van der Waals surface area contributed by atoms with E-state index in [9.17, 15) is 24.0 Å². The zero-order chi connectivity index (χ0) is 63.9. The summed E-state index contributed by atoms with van der Waals surface area (Å²) >= 11 is 0. The molecule has 7 aromatic carbocycles. The summed E-state index contributed by atoms with van der Waals surface area (Å²) in [6.07, 6.45) is 29.0. The lowest BCUT2D eigenvalue weighted by Gasteiger charge is -2.10. The Bertz CT molecular complexity index is 3230. The number of hydrogen-bond acceptors (Lipinski definition) is 14. The summed E-state index contributed by atoms with van der Waals surface area (Å²) in [5.41, 5.74) is 1.54. The van der Waals surface area contributed by atoms with Gasteiger partial charge in [0.2, 0.25) is 0 Å². The van der Waals surface area contributed by atoms with Gasteiger partial charge in [0.25, 0.3) is 0 Å². The molecule has 0 aliphatic carbocycles. The van der Waals surface area contributed by atoms with Crippen LogP contribution < -0.4 is 42.6 Å².